The second-order valence-electron chi connectivity index (χ2n) is 7.09. The third kappa shape index (κ3) is 3.16. The van der Waals surface area contributed by atoms with Crippen molar-refractivity contribution in [2.75, 3.05) is 0 Å². The molecule has 2 aromatic carbocycles. The van der Waals surface area contributed by atoms with Crippen molar-refractivity contribution in [1.82, 2.24) is 0 Å². The average Bonchev–Trinajstić information content (AvgIpc) is 2.66. The Bertz CT molecular complexity index is 640. The van der Waals surface area contributed by atoms with E-state index in [4.69, 9.17) is 0 Å². The molecule has 0 unspecified atom stereocenters. The Morgan fingerprint density at radius 1 is 0.538 bits per heavy atom. The highest BCUT2D eigenvalue weighted by atomic mass is 16.4. The van der Waals surface area contributed by atoms with Crippen molar-refractivity contribution in [3.8, 4) is 0 Å². The summed E-state index contributed by atoms with van der Waals surface area (Å²) in [5, 5.41) is 63.9. The summed E-state index contributed by atoms with van der Waals surface area (Å²) in [5.41, 5.74) is -3.19. The molecule has 1 fully saturated rings. The molecule has 1 aliphatic carbocycles. The van der Waals surface area contributed by atoms with Crippen LogP contribution in [0.1, 0.15) is 11.1 Å². The Hall–Kier alpha value is -1.80. The van der Waals surface area contributed by atoms with Gasteiger partial charge in [0.2, 0.25) is 0 Å². The van der Waals surface area contributed by atoms with Crippen LogP contribution in [0.15, 0.2) is 60.7 Å². The molecule has 6 atom stereocenters. The van der Waals surface area contributed by atoms with Crippen molar-refractivity contribution in [2.45, 2.75) is 48.5 Å². The first-order chi connectivity index (χ1) is 12.3. The predicted octanol–water partition coefficient (Wildman–Crippen LogP) is -0.609. The molecule has 0 radical (unpaired) electrons. The van der Waals surface area contributed by atoms with Gasteiger partial charge < -0.3 is 30.6 Å². The topological polar surface area (TPSA) is 121 Å². The molecule has 6 heteroatoms. The van der Waals surface area contributed by atoms with Crippen LogP contribution in [0.25, 0.3) is 0 Å². The second kappa shape index (κ2) is 7.08. The van der Waals surface area contributed by atoms with Crippen LogP contribution < -0.4 is 0 Å². The summed E-state index contributed by atoms with van der Waals surface area (Å²) < 4.78 is 0. The molecule has 1 aliphatic rings. The van der Waals surface area contributed by atoms with Crippen molar-refractivity contribution in [3.05, 3.63) is 71.8 Å². The van der Waals surface area contributed by atoms with E-state index in [1.807, 2.05) is 0 Å². The van der Waals surface area contributed by atoms with Crippen molar-refractivity contribution in [3.63, 3.8) is 0 Å². The Labute approximate surface area is 151 Å². The third-order valence-electron chi connectivity index (χ3n) is 5.31. The van der Waals surface area contributed by atoms with E-state index < -0.39 is 35.6 Å². The van der Waals surface area contributed by atoms with Crippen LogP contribution in [0.3, 0.4) is 0 Å². The van der Waals surface area contributed by atoms with E-state index in [2.05, 4.69) is 0 Å². The standard InChI is InChI=1S/C20H24O6/c21-15-17(23)20(26,12-14-9-5-2-6-10-14)18(24)16(22)19(15,25)11-13-7-3-1-4-8-13/h1-10,15-18,21-26H,11-12H2/t15-,16-,17-,18+,19+,20+/m1/s1. The molecule has 0 aromatic heterocycles. The molecule has 0 amide bonds. The van der Waals surface area contributed by atoms with Crippen LogP contribution in [0.2, 0.25) is 0 Å². The van der Waals surface area contributed by atoms with Gasteiger partial charge >= 0.3 is 0 Å². The molecule has 0 heterocycles. The maximum Gasteiger partial charge on any atom is 0.126 e. The van der Waals surface area contributed by atoms with Crippen molar-refractivity contribution in [1.29, 1.82) is 0 Å². The molecule has 0 saturated heterocycles. The fraction of sp³-hybridized carbons (Fsp3) is 0.400. The molecule has 26 heavy (non-hydrogen) atoms. The molecule has 6 N–H and O–H groups in total. The van der Waals surface area contributed by atoms with Gasteiger partial charge in [-0.3, -0.25) is 0 Å². The van der Waals surface area contributed by atoms with Crippen molar-refractivity contribution < 1.29 is 30.6 Å². The lowest BCUT2D eigenvalue weighted by molar-refractivity contribution is -0.301. The zero-order valence-electron chi connectivity index (χ0n) is 14.2. The quantitative estimate of drug-likeness (QED) is 0.433. The summed E-state index contributed by atoms with van der Waals surface area (Å²) in [6.07, 6.45) is -7.79. The Balaban J connectivity index is 1.90. The minimum atomic E-state index is -2.21. The van der Waals surface area contributed by atoms with E-state index in [0.29, 0.717) is 11.1 Å². The molecule has 140 valence electrons. The van der Waals surface area contributed by atoms with Gasteiger partial charge in [-0.1, -0.05) is 60.7 Å². The normalized spacial score (nSPS) is 37.5. The number of benzene rings is 2. The van der Waals surface area contributed by atoms with E-state index in [9.17, 15) is 30.6 Å². The van der Waals surface area contributed by atoms with E-state index in [1.165, 1.54) is 0 Å². The van der Waals surface area contributed by atoms with Crippen LogP contribution in [-0.4, -0.2) is 66.3 Å². The Morgan fingerprint density at radius 3 is 1.08 bits per heavy atom. The monoisotopic (exact) mass is 360 g/mol. The lowest BCUT2D eigenvalue weighted by Gasteiger charge is -2.53. The molecule has 3 rings (SSSR count). The van der Waals surface area contributed by atoms with E-state index in [-0.39, 0.29) is 12.8 Å². The molecular formula is C20H24O6. The van der Waals surface area contributed by atoms with Gasteiger partial charge in [-0.25, -0.2) is 0 Å². The van der Waals surface area contributed by atoms with Crippen LogP contribution in [-0.2, 0) is 12.8 Å². The van der Waals surface area contributed by atoms with Crippen LogP contribution in [0, 0.1) is 0 Å². The minimum absolute atomic E-state index is 0.189. The van der Waals surface area contributed by atoms with Gasteiger partial charge in [-0.15, -0.1) is 0 Å². The first-order valence-electron chi connectivity index (χ1n) is 8.54. The lowest BCUT2D eigenvalue weighted by atomic mass is 9.64. The van der Waals surface area contributed by atoms with Gasteiger partial charge in [0.1, 0.15) is 35.6 Å². The third-order valence-corrected chi connectivity index (χ3v) is 5.31. The second-order valence-corrected chi connectivity index (χ2v) is 7.09. The number of hydrogen-bond acceptors (Lipinski definition) is 6. The average molecular weight is 360 g/mol. The number of aliphatic hydroxyl groups is 6. The van der Waals surface area contributed by atoms with Gasteiger partial charge in [0.15, 0.2) is 0 Å². The van der Waals surface area contributed by atoms with E-state index >= 15 is 0 Å². The maximum absolute atomic E-state index is 10.9. The predicted molar refractivity (Wildman–Crippen MR) is 94.2 cm³/mol. The van der Waals surface area contributed by atoms with Gasteiger partial charge in [-0.2, -0.15) is 0 Å². The van der Waals surface area contributed by atoms with Gasteiger partial charge in [-0.05, 0) is 11.1 Å². The molecule has 1 saturated carbocycles. The SMILES string of the molecule is O[C@@H]1[C@@H](O)[C@@](O)(Cc2ccccc2)[C@@H](O)[C@@H](O)[C@]1(O)Cc1ccccc1. The molecule has 2 aromatic rings. The van der Waals surface area contributed by atoms with Crippen molar-refractivity contribution >= 4 is 0 Å². The molecule has 0 spiro atoms. The summed E-state index contributed by atoms with van der Waals surface area (Å²) in [5.74, 6) is 0. The zero-order valence-corrected chi connectivity index (χ0v) is 14.2. The number of rotatable bonds is 4. The summed E-state index contributed by atoms with van der Waals surface area (Å²) in [7, 11) is 0. The summed E-state index contributed by atoms with van der Waals surface area (Å²) in [6, 6.07) is 17.3. The van der Waals surface area contributed by atoms with E-state index in [1.54, 1.807) is 60.7 Å². The Kier molecular flexibility index (Phi) is 5.16. The first-order valence-corrected chi connectivity index (χ1v) is 8.54. The van der Waals surface area contributed by atoms with Crippen LogP contribution in [0.5, 0.6) is 0 Å². The summed E-state index contributed by atoms with van der Waals surface area (Å²) >= 11 is 0. The van der Waals surface area contributed by atoms with Crippen molar-refractivity contribution in [2.24, 2.45) is 0 Å². The summed E-state index contributed by atoms with van der Waals surface area (Å²) in [6.45, 7) is 0. The van der Waals surface area contributed by atoms with Gasteiger partial charge in [0, 0.05) is 12.8 Å². The molecule has 6 nitrogen and oxygen atoms in total. The minimum Gasteiger partial charge on any atom is -0.387 e. The summed E-state index contributed by atoms with van der Waals surface area (Å²) in [4.78, 5) is 0. The highest BCUT2D eigenvalue weighted by Gasteiger charge is 2.63. The fourth-order valence-electron chi connectivity index (χ4n) is 3.71. The largest absolute Gasteiger partial charge is 0.387 e. The molecule has 0 bridgehead atoms. The number of hydrogen-bond donors (Lipinski definition) is 6. The highest BCUT2D eigenvalue weighted by Crippen LogP contribution is 2.40. The maximum atomic E-state index is 10.9. The molecule has 0 aliphatic heterocycles. The smallest absolute Gasteiger partial charge is 0.126 e. The van der Waals surface area contributed by atoms with Crippen LogP contribution >= 0.6 is 0 Å². The highest BCUT2D eigenvalue weighted by molar-refractivity contribution is 5.26. The lowest BCUT2D eigenvalue weighted by Crippen LogP contribution is -2.77. The Morgan fingerprint density at radius 2 is 0.808 bits per heavy atom. The van der Waals surface area contributed by atoms with E-state index in [0.717, 1.165) is 0 Å². The van der Waals surface area contributed by atoms with Gasteiger partial charge in [0.25, 0.3) is 0 Å². The molecular weight excluding hydrogens is 336 g/mol. The number of aliphatic hydroxyl groups excluding tert-OH is 4. The zero-order chi connectivity index (χ0) is 18.9. The fourth-order valence-corrected chi connectivity index (χ4v) is 3.71. The van der Waals surface area contributed by atoms with Crippen LogP contribution in [0.4, 0.5) is 0 Å². The van der Waals surface area contributed by atoms with Gasteiger partial charge in [0.05, 0.1) is 0 Å². The first kappa shape index (κ1) is 19.0.